The lowest BCUT2D eigenvalue weighted by molar-refractivity contribution is -0.142. The summed E-state index contributed by atoms with van der Waals surface area (Å²) in [5.74, 6) is -2.68. The predicted molar refractivity (Wildman–Crippen MR) is 73.7 cm³/mol. The van der Waals surface area contributed by atoms with Crippen LogP contribution < -0.4 is 5.32 Å². The van der Waals surface area contributed by atoms with E-state index in [1.807, 2.05) is 13.8 Å². The standard InChI is InChI=1S/C15H19F4NO2/c1-9(2)5-11(14(21)22)8-20-7-10-3-4-13(16)12(6-10)15(17,18)19/h3-4,6,9,11,20H,5,7-8H2,1-2H3,(H,21,22). The lowest BCUT2D eigenvalue weighted by Crippen LogP contribution is -2.29. The largest absolute Gasteiger partial charge is 0.481 e. The number of benzene rings is 1. The molecule has 0 aliphatic carbocycles. The fourth-order valence-corrected chi connectivity index (χ4v) is 2.13. The smallest absolute Gasteiger partial charge is 0.419 e. The van der Waals surface area contributed by atoms with E-state index in [1.54, 1.807) is 0 Å². The van der Waals surface area contributed by atoms with Crippen LogP contribution in [0.15, 0.2) is 18.2 Å². The summed E-state index contributed by atoms with van der Waals surface area (Å²) in [6, 6.07) is 2.75. The van der Waals surface area contributed by atoms with E-state index in [9.17, 15) is 22.4 Å². The molecule has 124 valence electrons. The zero-order valence-electron chi connectivity index (χ0n) is 12.4. The quantitative estimate of drug-likeness (QED) is 0.753. The topological polar surface area (TPSA) is 49.3 Å². The summed E-state index contributed by atoms with van der Waals surface area (Å²) in [5, 5.41) is 11.9. The van der Waals surface area contributed by atoms with Crippen molar-refractivity contribution < 1.29 is 27.5 Å². The molecule has 1 aromatic carbocycles. The molecule has 0 radical (unpaired) electrons. The van der Waals surface area contributed by atoms with Crippen LogP contribution in [0.25, 0.3) is 0 Å². The van der Waals surface area contributed by atoms with Gasteiger partial charge in [-0.2, -0.15) is 13.2 Å². The first-order chi connectivity index (χ1) is 10.1. The number of carboxylic acids is 1. The van der Waals surface area contributed by atoms with Gasteiger partial charge in [-0.05, 0) is 30.0 Å². The van der Waals surface area contributed by atoms with Crippen LogP contribution in [0.4, 0.5) is 17.6 Å². The van der Waals surface area contributed by atoms with Crippen molar-refractivity contribution in [2.45, 2.75) is 33.0 Å². The maximum Gasteiger partial charge on any atom is 0.419 e. The number of carbonyl (C=O) groups is 1. The summed E-state index contributed by atoms with van der Waals surface area (Å²) in [6.45, 7) is 3.98. The van der Waals surface area contributed by atoms with Gasteiger partial charge in [-0.15, -0.1) is 0 Å². The first-order valence-electron chi connectivity index (χ1n) is 6.90. The third-order valence-corrected chi connectivity index (χ3v) is 3.16. The molecule has 3 nitrogen and oxygen atoms in total. The summed E-state index contributed by atoms with van der Waals surface area (Å²) >= 11 is 0. The van der Waals surface area contributed by atoms with Crippen LogP contribution in [-0.2, 0) is 17.5 Å². The molecule has 0 saturated heterocycles. The van der Waals surface area contributed by atoms with Gasteiger partial charge in [0, 0.05) is 13.1 Å². The van der Waals surface area contributed by atoms with E-state index in [-0.39, 0.29) is 24.6 Å². The molecule has 0 bridgehead atoms. The van der Waals surface area contributed by atoms with Crippen LogP contribution in [0.1, 0.15) is 31.4 Å². The Kier molecular flexibility index (Phi) is 6.34. The van der Waals surface area contributed by atoms with Crippen molar-refractivity contribution in [1.29, 1.82) is 0 Å². The van der Waals surface area contributed by atoms with E-state index in [2.05, 4.69) is 5.32 Å². The molecule has 1 aromatic rings. The number of nitrogens with one attached hydrogen (secondary N) is 1. The molecule has 0 amide bonds. The minimum absolute atomic E-state index is 0.0469. The SMILES string of the molecule is CC(C)CC(CNCc1ccc(F)c(C(F)(F)F)c1)C(=O)O. The highest BCUT2D eigenvalue weighted by atomic mass is 19.4. The highest BCUT2D eigenvalue weighted by molar-refractivity contribution is 5.70. The van der Waals surface area contributed by atoms with E-state index in [4.69, 9.17) is 5.11 Å². The Hall–Kier alpha value is -1.63. The second kappa shape index (κ2) is 7.58. The number of hydrogen-bond donors (Lipinski definition) is 2. The molecule has 0 heterocycles. The van der Waals surface area contributed by atoms with Crippen molar-refractivity contribution in [3.63, 3.8) is 0 Å². The lowest BCUT2D eigenvalue weighted by atomic mass is 9.97. The second-order valence-corrected chi connectivity index (χ2v) is 5.61. The van der Waals surface area contributed by atoms with Gasteiger partial charge in [-0.25, -0.2) is 4.39 Å². The molecular formula is C15H19F4NO2. The third-order valence-electron chi connectivity index (χ3n) is 3.16. The van der Waals surface area contributed by atoms with Gasteiger partial charge < -0.3 is 10.4 Å². The summed E-state index contributed by atoms with van der Waals surface area (Å²) in [6.07, 6.45) is -4.28. The number of aliphatic carboxylic acids is 1. The van der Waals surface area contributed by atoms with Gasteiger partial charge in [-0.1, -0.05) is 19.9 Å². The molecular weight excluding hydrogens is 302 g/mol. The second-order valence-electron chi connectivity index (χ2n) is 5.61. The van der Waals surface area contributed by atoms with E-state index >= 15 is 0 Å². The monoisotopic (exact) mass is 321 g/mol. The zero-order chi connectivity index (χ0) is 16.9. The molecule has 2 N–H and O–H groups in total. The van der Waals surface area contributed by atoms with Gasteiger partial charge in [0.2, 0.25) is 0 Å². The first-order valence-corrected chi connectivity index (χ1v) is 6.90. The summed E-state index contributed by atoms with van der Waals surface area (Å²) in [4.78, 5) is 11.1. The van der Waals surface area contributed by atoms with Crippen LogP contribution in [-0.4, -0.2) is 17.6 Å². The first kappa shape index (κ1) is 18.4. The van der Waals surface area contributed by atoms with Gasteiger partial charge in [0.05, 0.1) is 11.5 Å². The molecule has 0 spiro atoms. The van der Waals surface area contributed by atoms with E-state index in [0.717, 1.165) is 12.1 Å². The molecule has 1 rings (SSSR count). The number of hydrogen-bond acceptors (Lipinski definition) is 2. The third kappa shape index (κ3) is 5.63. The van der Waals surface area contributed by atoms with Gasteiger partial charge in [0.15, 0.2) is 0 Å². The number of halogens is 4. The van der Waals surface area contributed by atoms with Crippen molar-refractivity contribution in [3.05, 3.63) is 35.1 Å². The average molecular weight is 321 g/mol. The highest BCUT2D eigenvalue weighted by Gasteiger charge is 2.34. The normalized spacial score (nSPS) is 13.4. The molecule has 1 unspecified atom stereocenters. The minimum Gasteiger partial charge on any atom is -0.481 e. The van der Waals surface area contributed by atoms with Gasteiger partial charge in [-0.3, -0.25) is 4.79 Å². The Bertz CT molecular complexity index is 515. The summed E-state index contributed by atoms with van der Waals surface area (Å²) in [7, 11) is 0. The zero-order valence-corrected chi connectivity index (χ0v) is 12.4. The highest BCUT2D eigenvalue weighted by Crippen LogP contribution is 2.31. The Labute approximate surface area is 126 Å². The van der Waals surface area contributed by atoms with Gasteiger partial charge in [0.25, 0.3) is 0 Å². The van der Waals surface area contributed by atoms with Crippen LogP contribution in [0, 0.1) is 17.7 Å². The Morgan fingerprint density at radius 1 is 1.32 bits per heavy atom. The minimum atomic E-state index is -4.75. The number of rotatable bonds is 7. The average Bonchev–Trinajstić information content (AvgIpc) is 2.37. The van der Waals surface area contributed by atoms with Crippen molar-refractivity contribution >= 4 is 5.97 Å². The Morgan fingerprint density at radius 3 is 2.45 bits per heavy atom. The molecule has 22 heavy (non-hydrogen) atoms. The molecule has 1 atom stereocenters. The molecule has 0 saturated carbocycles. The molecule has 0 fully saturated rings. The summed E-state index contributed by atoms with van der Waals surface area (Å²) < 4.78 is 50.9. The fourth-order valence-electron chi connectivity index (χ4n) is 2.13. The lowest BCUT2D eigenvalue weighted by Gasteiger charge is -2.16. The maximum atomic E-state index is 13.1. The van der Waals surface area contributed by atoms with E-state index < -0.39 is 29.4 Å². The number of alkyl halides is 3. The van der Waals surface area contributed by atoms with Gasteiger partial charge >= 0.3 is 12.1 Å². The van der Waals surface area contributed by atoms with Gasteiger partial charge in [0.1, 0.15) is 5.82 Å². The molecule has 0 aliphatic rings. The van der Waals surface area contributed by atoms with Crippen LogP contribution in [0.2, 0.25) is 0 Å². The van der Waals surface area contributed by atoms with Crippen LogP contribution in [0.5, 0.6) is 0 Å². The van der Waals surface area contributed by atoms with E-state index in [1.165, 1.54) is 6.07 Å². The molecule has 0 aliphatic heterocycles. The van der Waals surface area contributed by atoms with Crippen molar-refractivity contribution in [3.8, 4) is 0 Å². The van der Waals surface area contributed by atoms with Crippen molar-refractivity contribution in [2.24, 2.45) is 11.8 Å². The molecule has 0 aromatic heterocycles. The van der Waals surface area contributed by atoms with Crippen molar-refractivity contribution in [1.82, 2.24) is 5.32 Å². The van der Waals surface area contributed by atoms with Crippen molar-refractivity contribution in [2.75, 3.05) is 6.54 Å². The Balaban J connectivity index is 2.67. The Morgan fingerprint density at radius 2 is 1.95 bits per heavy atom. The fraction of sp³-hybridized carbons (Fsp3) is 0.533. The van der Waals surface area contributed by atoms with E-state index in [0.29, 0.717) is 6.42 Å². The van der Waals surface area contributed by atoms with Crippen LogP contribution in [0.3, 0.4) is 0 Å². The predicted octanol–water partition coefficient (Wildman–Crippen LogP) is 3.68. The number of carboxylic acid groups (broad SMARTS) is 1. The molecule has 7 heteroatoms. The summed E-state index contributed by atoms with van der Waals surface area (Å²) in [5.41, 5.74) is -1.06. The van der Waals surface area contributed by atoms with Crippen LogP contribution >= 0.6 is 0 Å². The maximum absolute atomic E-state index is 13.1.